The Hall–Kier alpha value is -2.06. The smallest absolute Gasteiger partial charge is 0.253 e. The predicted octanol–water partition coefficient (Wildman–Crippen LogP) is 3.05. The molecule has 26 heavy (non-hydrogen) atoms. The fourth-order valence-corrected chi connectivity index (χ4v) is 3.80. The number of fused-ring (bicyclic) bond motifs is 1. The Labute approximate surface area is 161 Å². The zero-order valence-electron chi connectivity index (χ0n) is 15.0. The van der Waals surface area contributed by atoms with E-state index in [1.165, 1.54) is 22.2 Å². The molecule has 0 aliphatic rings. The van der Waals surface area contributed by atoms with Gasteiger partial charge in [-0.25, -0.2) is 9.50 Å². The van der Waals surface area contributed by atoms with Crippen LogP contribution in [0.25, 0.3) is 5.78 Å². The van der Waals surface area contributed by atoms with E-state index in [0.29, 0.717) is 23.2 Å². The third-order valence-corrected chi connectivity index (χ3v) is 5.50. The second kappa shape index (κ2) is 8.55. The van der Waals surface area contributed by atoms with Crippen molar-refractivity contribution >= 4 is 35.2 Å². The van der Waals surface area contributed by atoms with Crippen molar-refractivity contribution in [3.63, 3.8) is 0 Å². The summed E-state index contributed by atoms with van der Waals surface area (Å²) in [6, 6.07) is 10.3. The van der Waals surface area contributed by atoms with E-state index in [2.05, 4.69) is 51.6 Å². The molecule has 0 saturated carbocycles. The van der Waals surface area contributed by atoms with Gasteiger partial charge in [-0.1, -0.05) is 29.5 Å². The molecule has 1 aromatic carbocycles. The number of hydrogen-bond donors (Lipinski definition) is 1. The van der Waals surface area contributed by atoms with Gasteiger partial charge in [-0.15, -0.1) is 16.9 Å². The van der Waals surface area contributed by atoms with Crippen LogP contribution in [0.3, 0.4) is 0 Å². The first-order valence-electron chi connectivity index (χ1n) is 8.31. The lowest BCUT2D eigenvalue weighted by Crippen LogP contribution is -2.27. The van der Waals surface area contributed by atoms with Gasteiger partial charge in [-0.05, 0) is 39.0 Å². The molecular formula is C18H21N5OS2. The van der Waals surface area contributed by atoms with E-state index in [9.17, 15) is 4.79 Å². The SMILES string of the molecule is Cc1ccc(SCCNC(=O)CSc2nc3nc(C)cc(C)n3n2)cc1. The van der Waals surface area contributed by atoms with Gasteiger partial charge in [0.25, 0.3) is 5.78 Å². The molecule has 0 unspecified atom stereocenters. The number of rotatable bonds is 7. The number of carbonyl (C=O) groups excluding carboxylic acids is 1. The summed E-state index contributed by atoms with van der Waals surface area (Å²) in [4.78, 5) is 21.9. The van der Waals surface area contributed by atoms with Crippen LogP contribution in [0.5, 0.6) is 0 Å². The molecule has 3 rings (SSSR count). The molecule has 136 valence electrons. The van der Waals surface area contributed by atoms with Gasteiger partial charge in [0.15, 0.2) is 0 Å². The Morgan fingerprint density at radius 1 is 1.12 bits per heavy atom. The highest BCUT2D eigenvalue weighted by Crippen LogP contribution is 2.18. The Morgan fingerprint density at radius 2 is 1.88 bits per heavy atom. The van der Waals surface area contributed by atoms with Crippen molar-refractivity contribution in [1.29, 1.82) is 0 Å². The van der Waals surface area contributed by atoms with E-state index < -0.39 is 0 Å². The van der Waals surface area contributed by atoms with E-state index in [4.69, 9.17) is 0 Å². The monoisotopic (exact) mass is 387 g/mol. The van der Waals surface area contributed by atoms with Crippen molar-refractivity contribution in [1.82, 2.24) is 24.9 Å². The average Bonchev–Trinajstić information content (AvgIpc) is 3.02. The third-order valence-electron chi connectivity index (χ3n) is 3.65. The van der Waals surface area contributed by atoms with Crippen LogP contribution >= 0.6 is 23.5 Å². The lowest BCUT2D eigenvalue weighted by molar-refractivity contribution is -0.118. The number of nitrogens with zero attached hydrogens (tertiary/aromatic N) is 4. The molecule has 0 fully saturated rings. The van der Waals surface area contributed by atoms with Gasteiger partial charge in [0, 0.05) is 28.6 Å². The first-order chi connectivity index (χ1) is 12.5. The van der Waals surface area contributed by atoms with Gasteiger partial charge < -0.3 is 5.32 Å². The third kappa shape index (κ3) is 4.98. The second-order valence-electron chi connectivity index (χ2n) is 5.95. The minimum atomic E-state index is -0.0146. The van der Waals surface area contributed by atoms with E-state index >= 15 is 0 Å². The summed E-state index contributed by atoms with van der Waals surface area (Å²) in [5, 5.41) is 7.89. The molecule has 3 aromatic rings. The van der Waals surface area contributed by atoms with Crippen LogP contribution in [0.15, 0.2) is 40.4 Å². The maximum absolute atomic E-state index is 12.0. The largest absolute Gasteiger partial charge is 0.355 e. The fraction of sp³-hybridized carbons (Fsp3) is 0.333. The number of nitrogens with one attached hydrogen (secondary N) is 1. The number of aromatic nitrogens is 4. The van der Waals surface area contributed by atoms with Gasteiger partial charge in [0.2, 0.25) is 11.1 Å². The molecule has 0 bridgehead atoms. The number of carbonyl (C=O) groups is 1. The minimum Gasteiger partial charge on any atom is -0.355 e. The molecule has 0 spiro atoms. The van der Waals surface area contributed by atoms with E-state index in [0.717, 1.165) is 17.1 Å². The Morgan fingerprint density at radius 3 is 2.65 bits per heavy atom. The summed E-state index contributed by atoms with van der Waals surface area (Å²) in [6.45, 7) is 6.60. The van der Waals surface area contributed by atoms with Crippen LogP contribution in [0.1, 0.15) is 17.0 Å². The van der Waals surface area contributed by atoms with E-state index in [-0.39, 0.29) is 5.91 Å². The lowest BCUT2D eigenvalue weighted by Gasteiger charge is -2.04. The summed E-state index contributed by atoms with van der Waals surface area (Å²) in [7, 11) is 0. The molecule has 1 amide bonds. The van der Waals surface area contributed by atoms with Gasteiger partial charge in [-0.3, -0.25) is 4.79 Å². The topological polar surface area (TPSA) is 72.2 Å². The molecule has 0 atom stereocenters. The summed E-state index contributed by atoms with van der Waals surface area (Å²) in [5.41, 5.74) is 3.13. The number of amides is 1. The van der Waals surface area contributed by atoms with E-state index in [1.807, 2.05) is 19.9 Å². The molecule has 8 heteroatoms. The van der Waals surface area contributed by atoms with Crippen molar-refractivity contribution in [2.45, 2.75) is 30.8 Å². The van der Waals surface area contributed by atoms with Crippen molar-refractivity contribution in [3.8, 4) is 0 Å². The van der Waals surface area contributed by atoms with Crippen LogP contribution in [0.2, 0.25) is 0 Å². The second-order valence-corrected chi connectivity index (χ2v) is 8.06. The van der Waals surface area contributed by atoms with Crippen molar-refractivity contribution < 1.29 is 4.79 Å². The zero-order chi connectivity index (χ0) is 18.5. The summed E-state index contributed by atoms with van der Waals surface area (Å²) >= 11 is 3.06. The number of benzene rings is 1. The summed E-state index contributed by atoms with van der Waals surface area (Å²) < 4.78 is 1.70. The van der Waals surface area contributed by atoms with Gasteiger partial charge in [0.1, 0.15) is 0 Å². The van der Waals surface area contributed by atoms with Crippen LogP contribution in [0.4, 0.5) is 0 Å². The summed E-state index contributed by atoms with van der Waals surface area (Å²) in [5.74, 6) is 1.69. The average molecular weight is 388 g/mol. The quantitative estimate of drug-likeness (QED) is 0.496. The minimum absolute atomic E-state index is 0.0146. The molecule has 1 N–H and O–H groups in total. The lowest BCUT2D eigenvalue weighted by atomic mass is 10.2. The van der Waals surface area contributed by atoms with Crippen LogP contribution < -0.4 is 5.32 Å². The summed E-state index contributed by atoms with van der Waals surface area (Å²) in [6.07, 6.45) is 0. The standard InChI is InChI=1S/C18H21N5OS2/c1-12-4-6-15(7-5-12)25-9-8-19-16(24)11-26-18-21-17-20-13(2)10-14(3)23(17)22-18/h4-7,10H,8-9,11H2,1-3H3,(H,19,24). The molecule has 0 aliphatic carbocycles. The maximum atomic E-state index is 12.0. The highest BCUT2D eigenvalue weighted by molar-refractivity contribution is 7.99. The normalized spacial score (nSPS) is 11.0. The number of thioether (sulfide) groups is 2. The van der Waals surface area contributed by atoms with Crippen molar-refractivity contribution in [2.75, 3.05) is 18.1 Å². The molecule has 0 radical (unpaired) electrons. The number of aryl methyl sites for hydroxylation is 3. The molecule has 2 aromatic heterocycles. The van der Waals surface area contributed by atoms with E-state index in [1.54, 1.807) is 16.3 Å². The fourth-order valence-electron chi connectivity index (χ4n) is 2.38. The molecule has 0 saturated heterocycles. The maximum Gasteiger partial charge on any atom is 0.253 e. The van der Waals surface area contributed by atoms with Crippen LogP contribution in [0, 0.1) is 20.8 Å². The highest BCUT2D eigenvalue weighted by atomic mass is 32.2. The van der Waals surface area contributed by atoms with Crippen LogP contribution in [-0.4, -0.2) is 43.5 Å². The molecule has 0 aliphatic heterocycles. The number of hydrogen-bond acceptors (Lipinski definition) is 6. The van der Waals surface area contributed by atoms with Gasteiger partial charge in [0.05, 0.1) is 5.75 Å². The Kier molecular flexibility index (Phi) is 6.16. The first kappa shape index (κ1) is 18.7. The Balaban J connectivity index is 1.42. The van der Waals surface area contributed by atoms with Crippen molar-refractivity contribution in [2.24, 2.45) is 0 Å². The Bertz CT molecular complexity index is 908. The van der Waals surface area contributed by atoms with Gasteiger partial charge >= 0.3 is 0 Å². The zero-order valence-corrected chi connectivity index (χ0v) is 16.7. The molecule has 2 heterocycles. The first-order valence-corrected chi connectivity index (χ1v) is 10.3. The van der Waals surface area contributed by atoms with Crippen LogP contribution in [-0.2, 0) is 4.79 Å². The predicted molar refractivity (Wildman–Crippen MR) is 106 cm³/mol. The van der Waals surface area contributed by atoms with Crippen molar-refractivity contribution in [3.05, 3.63) is 47.3 Å². The highest BCUT2D eigenvalue weighted by Gasteiger charge is 2.10. The molecule has 6 nitrogen and oxygen atoms in total. The van der Waals surface area contributed by atoms with Gasteiger partial charge in [-0.2, -0.15) is 4.98 Å². The molecular weight excluding hydrogens is 366 g/mol.